The van der Waals surface area contributed by atoms with E-state index in [9.17, 15) is 0 Å². The lowest BCUT2D eigenvalue weighted by Crippen LogP contribution is -1.96. The number of aromatic nitrogens is 3. The van der Waals surface area contributed by atoms with E-state index in [1.54, 1.807) is 0 Å². The van der Waals surface area contributed by atoms with Crippen molar-refractivity contribution < 1.29 is 4.42 Å². The molecule has 0 aliphatic carbocycles. The number of hydrogen-bond donors (Lipinski definition) is 0. The van der Waals surface area contributed by atoms with E-state index in [1.807, 2.05) is 48.5 Å². The lowest BCUT2D eigenvalue weighted by molar-refractivity contribution is 0.670. The van der Waals surface area contributed by atoms with Gasteiger partial charge in [-0.15, -0.1) is 0 Å². The van der Waals surface area contributed by atoms with E-state index in [-0.39, 0.29) is 0 Å². The topological polar surface area (TPSA) is 43.9 Å². The molecule has 0 N–H and O–H groups in total. The fraction of sp³-hybridized carbons (Fsp3) is 0. The molecule has 0 atom stereocenters. The van der Waals surface area contributed by atoms with Gasteiger partial charge in [0, 0.05) is 49.5 Å². The molecule has 0 spiro atoms. The summed E-state index contributed by atoms with van der Waals surface area (Å²) in [5, 5.41) is 4.71. The summed E-state index contributed by atoms with van der Waals surface area (Å²) in [5.41, 5.74) is 14.4. The van der Waals surface area contributed by atoms with E-state index in [4.69, 9.17) is 14.4 Å². The summed E-state index contributed by atoms with van der Waals surface area (Å²) < 4.78 is 9.06. The molecule has 56 heavy (non-hydrogen) atoms. The maximum Gasteiger partial charge on any atom is 0.160 e. The van der Waals surface area contributed by atoms with E-state index in [1.165, 1.54) is 21.8 Å². The molecule has 11 aromatic rings. The molecule has 4 heteroatoms. The highest BCUT2D eigenvalue weighted by Crippen LogP contribution is 2.43. The van der Waals surface area contributed by atoms with E-state index in [2.05, 4.69) is 156 Å². The van der Waals surface area contributed by atoms with Gasteiger partial charge in [0.15, 0.2) is 5.82 Å². The van der Waals surface area contributed by atoms with Crippen molar-refractivity contribution in [1.29, 1.82) is 0 Å². The van der Waals surface area contributed by atoms with Crippen molar-refractivity contribution in [3.63, 3.8) is 0 Å². The zero-order chi connectivity index (χ0) is 37.0. The molecule has 0 radical (unpaired) electrons. The van der Waals surface area contributed by atoms with E-state index in [0.29, 0.717) is 5.82 Å². The first-order valence-corrected chi connectivity index (χ1v) is 18.9. The number of furan rings is 1. The number of nitrogens with zero attached hydrogens (tertiary/aromatic N) is 3. The zero-order valence-electron chi connectivity index (χ0n) is 30.3. The van der Waals surface area contributed by atoms with Gasteiger partial charge in [-0.2, -0.15) is 0 Å². The van der Waals surface area contributed by atoms with Crippen LogP contribution in [-0.2, 0) is 0 Å². The predicted molar refractivity (Wildman–Crippen MR) is 231 cm³/mol. The maximum absolute atomic E-state index is 6.70. The van der Waals surface area contributed by atoms with Crippen LogP contribution in [0.2, 0.25) is 0 Å². The molecule has 0 bridgehead atoms. The first-order chi connectivity index (χ1) is 27.8. The minimum atomic E-state index is 0.702. The van der Waals surface area contributed by atoms with Gasteiger partial charge in [-0.3, -0.25) is 0 Å². The molecule has 3 heterocycles. The van der Waals surface area contributed by atoms with Crippen LogP contribution in [0.5, 0.6) is 0 Å². The Hall–Kier alpha value is -7.56. The quantitative estimate of drug-likeness (QED) is 0.172. The molecule has 262 valence electrons. The molecule has 0 aliphatic rings. The fourth-order valence-electron chi connectivity index (χ4n) is 8.18. The molecule has 0 fully saturated rings. The Bertz CT molecular complexity index is 3100. The minimum Gasteiger partial charge on any atom is -0.455 e. The van der Waals surface area contributed by atoms with Crippen LogP contribution in [-0.4, -0.2) is 14.5 Å². The van der Waals surface area contributed by atoms with Crippen LogP contribution in [0.1, 0.15) is 0 Å². The Morgan fingerprint density at radius 2 is 0.893 bits per heavy atom. The molecular weight excluding hydrogens is 683 g/mol. The van der Waals surface area contributed by atoms with Crippen LogP contribution < -0.4 is 0 Å². The van der Waals surface area contributed by atoms with Crippen molar-refractivity contribution >= 4 is 43.7 Å². The van der Waals surface area contributed by atoms with Crippen molar-refractivity contribution in [2.45, 2.75) is 0 Å². The van der Waals surface area contributed by atoms with Crippen molar-refractivity contribution in [3.8, 4) is 61.8 Å². The Balaban J connectivity index is 1.04. The molecule has 8 aromatic carbocycles. The van der Waals surface area contributed by atoms with Gasteiger partial charge in [-0.05, 0) is 59.2 Å². The number of fused-ring (bicyclic) bond motifs is 6. The summed E-state index contributed by atoms with van der Waals surface area (Å²) in [4.78, 5) is 10.1. The first kappa shape index (κ1) is 31.9. The molecule has 0 saturated heterocycles. The molecule has 0 amide bonds. The van der Waals surface area contributed by atoms with Gasteiger partial charge >= 0.3 is 0 Å². The molecule has 3 aromatic heterocycles. The second kappa shape index (κ2) is 13.1. The number of rotatable bonds is 6. The lowest BCUT2D eigenvalue weighted by Gasteiger charge is -2.14. The zero-order valence-corrected chi connectivity index (χ0v) is 30.3. The highest BCUT2D eigenvalue weighted by atomic mass is 16.3. The van der Waals surface area contributed by atoms with Crippen molar-refractivity contribution in [2.75, 3.05) is 0 Å². The van der Waals surface area contributed by atoms with Crippen molar-refractivity contribution in [3.05, 3.63) is 200 Å². The molecule has 0 unspecified atom stereocenters. The highest BCUT2D eigenvalue weighted by Gasteiger charge is 2.19. The monoisotopic (exact) mass is 715 g/mol. The number of para-hydroxylation sites is 3. The van der Waals surface area contributed by atoms with E-state index >= 15 is 0 Å². The summed E-state index contributed by atoms with van der Waals surface area (Å²) in [6.45, 7) is 0. The van der Waals surface area contributed by atoms with Gasteiger partial charge in [-0.1, -0.05) is 158 Å². The maximum atomic E-state index is 6.70. The molecule has 4 nitrogen and oxygen atoms in total. The third-order valence-electron chi connectivity index (χ3n) is 10.9. The SMILES string of the molecule is c1ccc(-c2cc(-c3ccc(-c4ccc5c(oc6ccccc65)c4-c4ccc(-n5c6ccccc6c6ccccc65)cc4)cc3)nc(-c3ccccc3)n2)cc1. The second-order valence-corrected chi connectivity index (χ2v) is 14.2. The smallest absolute Gasteiger partial charge is 0.160 e. The van der Waals surface area contributed by atoms with Gasteiger partial charge in [0.1, 0.15) is 11.2 Å². The number of hydrogen-bond acceptors (Lipinski definition) is 3. The summed E-state index contributed by atoms with van der Waals surface area (Å²) >= 11 is 0. The first-order valence-electron chi connectivity index (χ1n) is 18.9. The largest absolute Gasteiger partial charge is 0.455 e. The molecule has 0 saturated carbocycles. The van der Waals surface area contributed by atoms with Crippen LogP contribution in [0, 0.1) is 0 Å². The number of benzene rings is 8. The van der Waals surface area contributed by atoms with Gasteiger partial charge in [0.2, 0.25) is 0 Å². The Morgan fingerprint density at radius 3 is 1.55 bits per heavy atom. The second-order valence-electron chi connectivity index (χ2n) is 14.2. The van der Waals surface area contributed by atoms with Crippen molar-refractivity contribution in [2.24, 2.45) is 0 Å². The third kappa shape index (κ3) is 5.31. The van der Waals surface area contributed by atoms with E-state index in [0.717, 1.165) is 78.0 Å². The van der Waals surface area contributed by atoms with Gasteiger partial charge in [0.25, 0.3) is 0 Å². The average molecular weight is 716 g/mol. The molecule has 0 aliphatic heterocycles. The van der Waals surface area contributed by atoms with Crippen LogP contribution in [0.15, 0.2) is 205 Å². The fourth-order valence-corrected chi connectivity index (χ4v) is 8.18. The average Bonchev–Trinajstić information content (AvgIpc) is 3.83. The Kier molecular flexibility index (Phi) is 7.46. The summed E-state index contributed by atoms with van der Waals surface area (Å²) in [6, 6.07) is 70.2. The van der Waals surface area contributed by atoms with Gasteiger partial charge in [0.05, 0.1) is 22.4 Å². The summed E-state index contributed by atoms with van der Waals surface area (Å²) in [5.74, 6) is 0.702. The van der Waals surface area contributed by atoms with Crippen LogP contribution >= 0.6 is 0 Å². The highest BCUT2D eigenvalue weighted by molar-refractivity contribution is 6.13. The van der Waals surface area contributed by atoms with Gasteiger partial charge in [-0.25, -0.2) is 9.97 Å². The van der Waals surface area contributed by atoms with Crippen LogP contribution in [0.4, 0.5) is 0 Å². The Labute approximate surface area is 323 Å². The Morgan fingerprint density at radius 1 is 0.375 bits per heavy atom. The third-order valence-corrected chi connectivity index (χ3v) is 10.9. The molecule has 11 rings (SSSR count). The summed E-state index contributed by atoms with van der Waals surface area (Å²) in [7, 11) is 0. The van der Waals surface area contributed by atoms with Gasteiger partial charge < -0.3 is 8.98 Å². The normalized spacial score (nSPS) is 11.6. The van der Waals surface area contributed by atoms with Crippen LogP contribution in [0.3, 0.4) is 0 Å². The van der Waals surface area contributed by atoms with Crippen molar-refractivity contribution in [1.82, 2.24) is 14.5 Å². The van der Waals surface area contributed by atoms with Crippen LogP contribution in [0.25, 0.3) is 106 Å². The summed E-state index contributed by atoms with van der Waals surface area (Å²) in [6.07, 6.45) is 0. The minimum absolute atomic E-state index is 0.702. The predicted octanol–water partition coefficient (Wildman–Crippen LogP) is 13.8. The van der Waals surface area contributed by atoms with E-state index < -0.39 is 0 Å². The standard InChI is InChI=1S/C52H33N3O/c1-3-13-35(14-4-1)45-33-46(54-52(53-45)38-15-5-2-6-16-38)36-25-23-34(24-26-36)40-31-32-44-43-19-9-12-22-49(43)56-51(44)50(40)37-27-29-39(30-28-37)55-47-20-10-7-17-41(47)42-18-8-11-21-48(42)55/h1-33H. The molecular formula is C52H33N3O. The lowest BCUT2D eigenvalue weighted by atomic mass is 9.91.